The minimum Gasteiger partial charge on any atom is -0.308 e. The highest BCUT2D eigenvalue weighted by Crippen LogP contribution is 2.15. The summed E-state index contributed by atoms with van der Waals surface area (Å²) in [4.78, 5) is 3.99. The molecule has 5 heteroatoms. The fourth-order valence-electron chi connectivity index (χ4n) is 2.17. The van der Waals surface area contributed by atoms with Gasteiger partial charge in [0.1, 0.15) is 0 Å². The number of hydrogen-bond acceptors (Lipinski definition) is 3. The maximum Gasteiger partial charge on any atom is 0.0690 e. The monoisotopic (exact) mass is 298 g/mol. The predicted molar refractivity (Wildman–Crippen MR) is 83.4 cm³/mol. The summed E-state index contributed by atoms with van der Waals surface area (Å²) < 4.78 is 1.87. The maximum atomic E-state index is 6.10. The highest BCUT2D eigenvalue weighted by atomic mass is 35.5. The van der Waals surface area contributed by atoms with E-state index in [1.165, 1.54) is 5.56 Å². The van der Waals surface area contributed by atoms with Crippen molar-refractivity contribution >= 4 is 11.6 Å². The Morgan fingerprint density at radius 3 is 2.67 bits per heavy atom. The zero-order valence-corrected chi connectivity index (χ0v) is 12.2. The number of aromatic nitrogens is 3. The SMILES string of the molecule is Clc1cnccc1CNCc1ccccc1-n1cccn1. The molecular formula is C16H15ClN4. The first-order valence-electron chi connectivity index (χ1n) is 6.71. The van der Waals surface area contributed by atoms with Gasteiger partial charge in [-0.25, -0.2) is 4.68 Å². The standard InChI is InChI=1S/C16H15ClN4/c17-15-12-18-8-6-13(15)10-19-11-14-4-1-2-5-16(14)21-9-3-7-20-21/h1-9,12,19H,10-11H2. The number of halogens is 1. The molecular weight excluding hydrogens is 284 g/mol. The van der Waals surface area contributed by atoms with Crippen molar-refractivity contribution in [1.29, 1.82) is 0 Å². The lowest BCUT2D eigenvalue weighted by molar-refractivity contribution is 0.686. The van der Waals surface area contributed by atoms with Gasteiger partial charge in [-0.3, -0.25) is 4.98 Å². The van der Waals surface area contributed by atoms with E-state index < -0.39 is 0 Å². The number of rotatable bonds is 5. The van der Waals surface area contributed by atoms with Crippen LogP contribution in [0.25, 0.3) is 5.69 Å². The van der Waals surface area contributed by atoms with Crippen molar-refractivity contribution in [2.75, 3.05) is 0 Å². The molecule has 0 radical (unpaired) electrons. The summed E-state index contributed by atoms with van der Waals surface area (Å²) in [6.07, 6.45) is 7.14. The number of nitrogens with zero attached hydrogens (tertiary/aromatic N) is 3. The molecule has 21 heavy (non-hydrogen) atoms. The fraction of sp³-hybridized carbons (Fsp3) is 0.125. The maximum absolute atomic E-state index is 6.10. The van der Waals surface area contributed by atoms with Gasteiger partial charge >= 0.3 is 0 Å². The summed E-state index contributed by atoms with van der Waals surface area (Å²) in [6, 6.07) is 12.0. The van der Waals surface area contributed by atoms with Crippen molar-refractivity contribution in [3.8, 4) is 5.69 Å². The van der Waals surface area contributed by atoms with Crippen LogP contribution >= 0.6 is 11.6 Å². The van der Waals surface area contributed by atoms with Crippen LogP contribution in [-0.2, 0) is 13.1 Å². The van der Waals surface area contributed by atoms with Gasteiger partial charge in [0.25, 0.3) is 0 Å². The van der Waals surface area contributed by atoms with Crippen LogP contribution in [0.4, 0.5) is 0 Å². The predicted octanol–water partition coefficient (Wildman–Crippen LogP) is 3.21. The molecule has 1 aromatic carbocycles. The molecule has 0 saturated heterocycles. The summed E-state index contributed by atoms with van der Waals surface area (Å²) >= 11 is 6.10. The molecule has 0 spiro atoms. The van der Waals surface area contributed by atoms with Crippen LogP contribution in [-0.4, -0.2) is 14.8 Å². The van der Waals surface area contributed by atoms with Crippen molar-refractivity contribution in [1.82, 2.24) is 20.1 Å². The Morgan fingerprint density at radius 2 is 1.86 bits per heavy atom. The average molecular weight is 299 g/mol. The van der Waals surface area contributed by atoms with Crippen molar-refractivity contribution in [3.05, 3.63) is 77.3 Å². The van der Waals surface area contributed by atoms with E-state index >= 15 is 0 Å². The number of hydrogen-bond donors (Lipinski definition) is 1. The van der Waals surface area contributed by atoms with E-state index in [-0.39, 0.29) is 0 Å². The van der Waals surface area contributed by atoms with Crippen LogP contribution in [0.5, 0.6) is 0 Å². The molecule has 0 saturated carbocycles. The van der Waals surface area contributed by atoms with Crippen molar-refractivity contribution in [2.24, 2.45) is 0 Å². The van der Waals surface area contributed by atoms with Crippen LogP contribution in [0.2, 0.25) is 5.02 Å². The lowest BCUT2D eigenvalue weighted by Gasteiger charge is -2.11. The molecule has 3 rings (SSSR count). The third-order valence-electron chi connectivity index (χ3n) is 3.23. The molecule has 0 atom stereocenters. The summed E-state index contributed by atoms with van der Waals surface area (Å²) in [5, 5.41) is 8.38. The molecule has 4 nitrogen and oxygen atoms in total. The molecule has 1 N–H and O–H groups in total. The average Bonchev–Trinajstić information content (AvgIpc) is 3.04. The second-order valence-corrected chi connectivity index (χ2v) is 5.06. The third kappa shape index (κ3) is 3.29. The normalized spacial score (nSPS) is 10.7. The van der Waals surface area contributed by atoms with Crippen LogP contribution in [0.15, 0.2) is 61.2 Å². The molecule has 0 amide bonds. The highest BCUT2D eigenvalue weighted by molar-refractivity contribution is 6.31. The Kier molecular flexibility index (Phi) is 4.28. The summed E-state index contributed by atoms with van der Waals surface area (Å²) in [7, 11) is 0. The van der Waals surface area contributed by atoms with E-state index in [0.717, 1.165) is 17.8 Å². The third-order valence-corrected chi connectivity index (χ3v) is 3.57. The summed E-state index contributed by atoms with van der Waals surface area (Å²) in [6.45, 7) is 1.45. The van der Waals surface area contributed by atoms with E-state index in [4.69, 9.17) is 11.6 Å². The van der Waals surface area contributed by atoms with Gasteiger partial charge in [-0.1, -0.05) is 29.8 Å². The first-order chi connectivity index (χ1) is 10.3. The number of nitrogens with one attached hydrogen (secondary N) is 1. The highest BCUT2D eigenvalue weighted by Gasteiger charge is 2.04. The van der Waals surface area contributed by atoms with E-state index in [2.05, 4.69) is 27.5 Å². The minimum atomic E-state index is 0.686. The van der Waals surface area contributed by atoms with Crippen LogP contribution in [0, 0.1) is 0 Å². The Labute approximate surface area is 128 Å². The second kappa shape index (κ2) is 6.52. The Hall–Kier alpha value is -2.17. The number of benzene rings is 1. The zero-order chi connectivity index (χ0) is 14.5. The first-order valence-corrected chi connectivity index (χ1v) is 7.09. The van der Waals surface area contributed by atoms with Gasteiger partial charge in [-0.15, -0.1) is 0 Å². The second-order valence-electron chi connectivity index (χ2n) is 4.65. The Bertz CT molecular complexity index is 710. The Balaban J connectivity index is 1.70. The fourth-order valence-corrected chi connectivity index (χ4v) is 2.36. The molecule has 3 aromatic rings. The number of para-hydroxylation sites is 1. The van der Waals surface area contributed by atoms with Gasteiger partial charge < -0.3 is 5.32 Å². The smallest absolute Gasteiger partial charge is 0.0690 e. The van der Waals surface area contributed by atoms with E-state index in [0.29, 0.717) is 11.6 Å². The lowest BCUT2D eigenvalue weighted by Crippen LogP contribution is -2.15. The van der Waals surface area contributed by atoms with Gasteiger partial charge in [-0.2, -0.15) is 5.10 Å². The summed E-state index contributed by atoms with van der Waals surface area (Å²) in [5.41, 5.74) is 3.31. The Morgan fingerprint density at radius 1 is 1.00 bits per heavy atom. The molecule has 0 fully saturated rings. The number of pyridine rings is 1. The topological polar surface area (TPSA) is 42.7 Å². The lowest BCUT2D eigenvalue weighted by atomic mass is 10.1. The van der Waals surface area contributed by atoms with Crippen molar-refractivity contribution in [3.63, 3.8) is 0 Å². The summed E-state index contributed by atoms with van der Waals surface area (Å²) in [5.74, 6) is 0. The van der Waals surface area contributed by atoms with Crippen LogP contribution in [0.3, 0.4) is 0 Å². The van der Waals surface area contributed by atoms with E-state index in [1.54, 1.807) is 18.6 Å². The van der Waals surface area contributed by atoms with Crippen LogP contribution in [0.1, 0.15) is 11.1 Å². The molecule has 0 bridgehead atoms. The van der Waals surface area contributed by atoms with E-state index in [9.17, 15) is 0 Å². The quantitative estimate of drug-likeness (QED) is 0.786. The van der Waals surface area contributed by atoms with E-state index in [1.807, 2.05) is 35.1 Å². The van der Waals surface area contributed by atoms with Crippen molar-refractivity contribution < 1.29 is 0 Å². The largest absolute Gasteiger partial charge is 0.308 e. The van der Waals surface area contributed by atoms with Gasteiger partial charge in [0.05, 0.1) is 10.7 Å². The molecule has 106 valence electrons. The zero-order valence-electron chi connectivity index (χ0n) is 11.4. The molecule has 0 unspecified atom stereocenters. The van der Waals surface area contributed by atoms with Crippen molar-refractivity contribution in [2.45, 2.75) is 13.1 Å². The van der Waals surface area contributed by atoms with Gasteiger partial charge in [0, 0.05) is 37.9 Å². The first kappa shape index (κ1) is 13.8. The van der Waals surface area contributed by atoms with Crippen LogP contribution < -0.4 is 5.32 Å². The van der Waals surface area contributed by atoms with Gasteiger partial charge in [0.2, 0.25) is 0 Å². The molecule has 2 aromatic heterocycles. The molecule has 2 heterocycles. The molecule has 0 aliphatic rings. The molecule has 0 aliphatic carbocycles. The van der Waals surface area contributed by atoms with Gasteiger partial charge in [0.15, 0.2) is 0 Å². The van der Waals surface area contributed by atoms with Gasteiger partial charge in [-0.05, 0) is 29.3 Å². The molecule has 0 aliphatic heterocycles. The minimum absolute atomic E-state index is 0.686.